The lowest BCUT2D eigenvalue weighted by atomic mass is 9.97. The summed E-state index contributed by atoms with van der Waals surface area (Å²) in [5, 5.41) is 2.95. The maximum Gasteiger partial charge on any atom is 0.399 e. The second kappa shape index (κ2) is 11.7. The van der Waals surface area contributed by atoms with Crippen LogP contribution < -0.4 is 5.32 Å². The first-order chi connectivity index (χ1) is 16.4. The topological polar surface area (TPSA) is 42.0 Å². The molecule has 0 saturated heterocycles. The van der Waals surface area contributed by atoms with Gasteiger partial charge >= 0.3 is 6.18 Å². The highest BCUT2D eigenvalue weighted by molar-refractivity contribution is 6.48. The molecule has 0 saturated carbocycles. The van der Waals surface area contributed by atoms with Gasteiger partial charge < -0.3 is 5.32 Å². The number of carbonyl (C=O) groups is 1. The minimum Gasteiger partial charge on any atom is -0.352 e. The molecule has 0 fully saturated rings. The van der Waals surface area contributed by atoms with Crippen LogP contribution in [0.25, 0.3) is 6.08 Å². The summed E-state index contributed by atoms with van der Waals surface area (Å²) in [4.78, 5) is 16.4. The number of aromatic nitrogens is 1. The molecule has 0 radical (unpaired) electrons. The summed E-state index contributed by atoms with van der Waals surface area (Å²) >= 11 is 24.0. The molecule has 1 N–H and O–H groups in total. The Kier molecular flexibility index (Phi) is 9.11. The Morgan fingerprint density at radius 3 is 2.29 bits per heavy atom. The van der Waals surface area contributed by atoms with Crippen LogP contribution >= 0.6 is 46.4 Å². The molecule has 0 aliphatic rings. The van der Waals surface area contributed by atoms with Crippen LogP contribution in [0.1, 0.15) is 33.9 Å². The lowest BCUT2D eigenvalue weighted by Crippen LogP contribution is -2.24. The number of pyridine rings is 1. The highest BCUT2D eigenvalue weighted by Crippen LogP contribution is 2.41. The van der Waals surface area contributed by atoms with Crippen molar-refractivity contribution >= 4 is 58.4 Å². The molecule has 1 unspecified atom stereocenters. The Morgan fingerprint density at radius 2 is 1.71 bits per heavy atom. The maximum atomic E-state index is 13.7. The molecular formula is C25H19Cl4F3N2O. The van der Waals surface area contributed by atoms with E-state index in [9.17, 15) is 18.0 Å². The number of alkyl halides is 3. The Labute approximate surface area is 220 Å². The van der Waals surface area contributed by atoms with Crippen LogP contribution in [-0.4, -0.2) is 17.1 Å². The first-order valence-electron chi connectivity index (χ1n) is 10.3. The van der Waals surface area contributed by atoms with Gasteiger partial charge in [0.15, 0.2) is 0 Å². The van der Waals surface area contributed by atoms with E-state index in [0.717, 1.165) is 29.5 Å². The van der Waals surface area contributed by atoms with Crippen LogP contribution in [-0.2, 0) is 17.8 Å². The number of aryl methyl sites for hydroxylation is 1. The molecule has 2 aromatic carbocycles. The zero-order valence-corrected chi connectivity index (χ0v) is 21.3. The molecule has 10 heteroatoms. The van der Waals surface area contributed by atoms with Crippen molar-refractivity contribution in [1.29, 1.82) is 0 Å². The van der Waals surface area contributed by atoms with Crippen LogP contribution in [0.3, 0.4) is 0 Å². The molecule has 1 amide bonds. The highest BCUT2D eigenvalue weighted by Gasteiger charge is 2.39. The summed E-state index contributed by atoms with van der Waals surface area (Å²) in [5.74, 6) is -2.16. The third kappa shape index (κ3) is 7.61. The molecule has 0 bridgehead atoms. The van der Waals surface area contributed by atoms with Gasteiger partial charge in [0.1, 0.15) is 0 Å². The summed E-state index contributed by atoms with van der Waals surface area (Å²) in [7, 11) is 0. The lowest BCUT2D eigenvalue weighted by Gasteiger charge is -2.18. The van der Waals surface area contributed by atoms with Crippen molar-refractivity contribution in [3.05, 3.63) is 103 Å². The van der Waals surface area contributed by atoms with Crippen molar-refractivity contribution in [3.8, 4) is 0 Å². The average molecular weight is 562 g/mol. The van der Waals surface area contributed by atoms with Gasteiger partial charge in [0.05, 0.1) is 27.4 Å². The van der Waals surface area contributed by atoms with E-state index in [0.29, 0.717) is 16.1 Å². The van der Waals surface area contributed by atoms with E-state index in [1.54, 1.807) is 18.3 Å². The van der Waals surface area contributed by atoms with E-state index in [4.69, 9.17) is 46.4 Å². The van der Waals surface area contributed by atoms with Crippen molar-refractivity contribution in [1.82, 2.24) is 10.3 Å². The predicted octanol–water partition coefficient (Wildman–Crippen LogP) is 8.22. The predicted molar refractivity (Wildman–Crippen MR) is 135 cm³/mol. The second-order valence-corrected chi connectivity index (χ2v) is 9.39. The molecule has 35 heavy (non-hydrogen) atoms. The SMILES string of the molecule is Cc1ccc(CC(=O)NCc2ccc(C=CC(c3cc(Cl)c(Cl)c(Cl)c3)C(F)(F)F)cc2Cl)cn1. The molecule has 0 spiro atoms. The number of carbonyl (C=O) groups excluding carboxylic acids is 1. The fourth-order valence-electron chi connectivity index (χ4n) is 3.23. The number of nitrogens with one attached hydrogen (secondary N) is 1. The molecule has 1 aromatic heterocycles. The number of benzene rings is 2. The highest BCUT2D eigenvalue weighted by atomic mass is 35.5. The minimum absolute atomic E-state index is 0.00742. The molecule has 3 aromatic rings. The van der Waals surface area contributed by atoms with Gasteiger partial charge in [-0.3, -0.25) is 9.78 Å². The molecule has 0 aliphatic heterocycles. The Bertz CT molecular complexity index is 1220. The van der Waals surface area contributed by atoms with Gasteiger partial charge in [-0.15, -0.1) is 0 Å². The molecule has 184 valence electrons. The van der Waals surface area contributed by atoms with Gasteiger partial charge in [0.2, 0.25) is 5.91 Å². The van der Waals surface area contributed by atoms with Crippen molar-refractivity contribution in [2.24, 2.45) is 0 Å². The molecule has 3 nitrogen and oxygen atoms in total. The lowest BCUT2D eigenvalue weighted by molar-refractivity contribution is -0.139. The van der Waals surface area contributed by atoms with E-state index in [-0.39, 0.29) is 39.5 Å². The summed E-state index contributed by atoms with van der Waals surface area (Å²) < 4.78 is 41.2. The molecule has 0 aliphatic carbocycles. The second-order valence-electron chi connectivity index (χ2n) is 7.79. The average Bonchev–Trinajstić information content (AvgIpc) is 2.77. The summed E-state index contributed by atoms with van der Waals surface area (Å²) in [6.07, 6.45) is -0.462. The van der Waals surface area contributed by atoms with Gasteiger partial charge in [-0.25, -0.2) is 0 Å². The van der Waals surface area contributed by atoms with E-state index in [2.05, 4.69) is 10.3 Å². The standard InChI is InChI=1S/C25H19Cl4F3N2O/c1-14-2-3-16(12-33-14)9-23(35)34-13-17-6-4-15(8-20(17)26)5-7-19(25(30,31)32)18-10-21(27)24(29)22(28)11-18/h2-8,10-12,19H,9,13H2,1H3,(H,34,35). The number of halogens is 7. The number of nitrogens with zero attached hydrogens (tertiary/aromatic N) is 1. The van der Waals surface area contributed by atoms with E-state index in [1.165, 1.54) is 12.1 Å². The van der Waals surface area contributed by atoms with Crippen molar-refractivity contribution < 1.29 is 18.0 Å². The third-order valence-electron chi connectivity index (χ3n) is 5.09. The van der Waals surface area contributed by atoms with Crippen molar-refractivity contribution in [3.63, 3.8) is 0 Å². The number of rotatable bonds is 7. The van der Waals surface area contributed by atoms with E-state index in [1.807, 2.05) is 19.1 Å². The van der Waals surface area contributed by atoms with Gasteiger partial charge in [-0.05, 0) is 53.4 Å². The number of allylic oxidation sites excluding steroid dienone is 1. The van der Waals surface area contributed by atoms with Crippen molar-refractivity contribution in [2.75, 3.05) is 0 Å². The minimum atomic E-state index is -4.59. The van der Waals surface area contributed by atoms with Crippen LogP contribution in [0.5, 0.6) is 0 Å². The van der Waals surface area contributed by atoms with E-state index < -0.39 is 12.1 Å². The van der Waals surface area contributed by atoms with Crippen LogP contribution in [0, 0.1) is 6.92 Å². The molecular weight excluding hydrogens is 543 g/mol. The summed E-state index contributed by atoms with van der Waals surface area (Å²) in [6.45, 7) is 2.03. The van der Waals surface area contributed by atoms with Crippen molar-refractivity contribution in [2.45, 2.75) is 32.0 Å². The molecule has 3 rings (SSSR count). The number of hydrogen-bond donors (Lipinski definition) is 1. The first kappa shape index (κ1) is 27.3. The fraction of sp³-hybridized carbons (Fsp3) is 0.200. The van der Waals surface area contributed by atoms with Crippen LogP contribution in [0.4, 0.5) is 13.2 Å². The Hall–Kier alpha value is -2.25. The monoisotopic (exact) mass is 560 g/mol. The Morgan fingerprint density at radius 1 is 1.03 bits per heavy atom. The quantitative estimate of drug-likeness (QED) is 0.295. The van der Waals surface area contributed by atoms with Gasteiger partial charge in [0, 0.05) is 23.5 Å². The third-order valence-corrected chi connectivity index (χ3v) is 6.64. The zero-order chi connectivity index (χ0) is 25.8. The number of hydrogen-bond acceptors (Lipinski definition) is 2. The summed E-state index contributed by atoms with van der Waals surface area (Å²) in [5.41, 5.74) is 2.58. The molecule has 1 heterocycles. The number of amides is 1. The maximum absolute atomic E-state index is 13.7. The van der Waals surface area contributed by atoms with Crippen LogP contribution in [0.2, 0.25) is 20.1 Å². The smallest absolute Gasteiger partial charge is 0.352 e. The normalized spacial score (nSPS) is 12.7. The van der Waals surface area contributed by atoms with Gasteiger partial charge in [-0.1, -0.05) is 76.8 Å². The van der Waals surface area contributed by atoms with Crippen LogP contribution in [0.15, 0.2) is 54.7 Å². The first-order valence-corrected chi connectivity index (χ1v) is 11.8. The fourth-order valence-corrected chi connectivity index (χ4v) is 4.10. The largest absolute Gasteiger partial charge is 0.399 e. The summed E-state index contributed by atoms with van der Waals surface area (Å²) in [6, 6.07) is 10.7. The zero-order valence-electron chi connectivity index (χ0n) is 18.3. The van der Waals surface area contributed by atoms with E-state index >= 15 is 0 Å². The van der Waals surface area contributed by atoms with Gasteiger partial charge in [0.25, 0.3) is 0 Å². The molecule has 1 atom stereocenters. The van der Waals surface area contributed by atoms with Gasteiger partial charge in [-0.2, -0.15) is 13.2 Å². The Balaban J connectivity index is 1.70.